The van der Waals surface area contributed by atoms with Crippen molar-refractivity contribution in [1.29, 1.82) is 0 Å². The molecule has 0 rings (SSSR count). The number of nitrogens with zero attached hydrogens (tertiary/aromatic N) is 2. The maximum Gasteiger partial charge on any atom is 0.352 e. The second-order valence-electron chi connectivity index (χ2n) is 18.7. The fourth-order valence-electron chi connectivity index (χ4n) is 7.48. The molecule has 0 aliphatic heterocycles. The van der Waals surface area contributed by atoms with E-state index in [0.717, 1.165) is 90.1 Å². The summed E-state index contributed by atoms with van der Waals surface area (Å²) in [4.78, 5) is 31.9. The molecule has 0 aliphatic rings. The van der Waals surface area contributed by atoms with Crippen molar-refractivity contribution in [3.8, 4) is 0 Å². The van der Waals surface area contributed by atoms with E-state index in [-0.39, 0.29) is 23.6 Å². The number of esters is 2. The monoisotopic (exact) mass is 967 g/mol. The maximum atomic E-state index is 13.8. The van der Waals surface area contributed by atoms with E-state index in [1.54, 1.807) is 0 Å². The van der Waals surface area contributed by atoms with Gasteiger partial charge in [0.05, 0.1) is 13.2 Å². The Morgan fingerprint density at radius 2 is 0.712 bits per heavy atom. The highest BCUT2D eigenvalue weighted by atomic mass is 32.1. The number of nitrogens with one attached hydrogen (secondary N) is 2. The summed E-state index contributed by atoms with van der Waals surface area (Å²) >= 11 is 11.1. The van der Waals surface area contributed by atoms with Gasteiger partial charge >= 0.3 is 11.9 Å². The normalized spacial score (nSPS) is 12.5. The van der Waals surface area contributed by atoms with E-state index in [1.807, 2.05) is 28.2 Å². The van der Waals surface area contributed by atoms with Crippen molar-refractivity contribution in [2.24, 2.45) is 0 Å². The van der Waals surface area contributed by atoms with Crippen LogP contribution in [0.15, 0.2) is 24.3 Å². The third-order valence-corrected chi connectivity index (χ3v) is 12.1. The maximum absolute atomic E-state index is 13.8. The predicted octanol–water partition coefficient (Wildman–Crippen LogP) is 13.4. The topological polar surface area (TPSA) is 102 Å². The summed E-state index contributed by atoms with van der Waals surface area (Å²) in [6.07, 6.45) is 43.4. The first-order valence-corrected chi connectivity index (χ1v) is 27.8. The van der Waals surface area contributed by atoms with E-state index in [9.17, 15) is 9.59 Å². The molecule has 0 saturated heterocycles. The molecule has 0 spiro atoms. The number of unbranched alkanes of at least 4 members (excludes halogenated alkanes) is 26. The van der Waals surface area contributed by atoms with Crippen LogP contribution in [0.3, 0.4) is 0 Å². The average molecular weight is 968 g/mol. The van der Waals surface area contributed by atoms with Crippen molar-refractivity contribution < 1.29 is 28.5 Å². The lowest BCUT2D eigenvalue weighted by Gasteiger charge is -2.26. The molecule has 66 heavy (non-hydrogen) atoms. The van der Waals surface area contributed by atoms with Gasteiger partial charge in [-0.2, -0.15) is 0 Å². The zero-order valence-electron chi connectivity index (χ0n) is 43.5. The highest BCUT2D eigenvalue weighted by molar-refractivity contribution is 7.80. The minimum atomic E-state index is -1.50. The molecule has 0 aromatic heterocycles. The first-order valence-electron chi connectivity index (χ1n) is 26.9. The second kappa shape index (κ2) is 49.2. The molecule has 0 fully saturated rings. The van der Waals surface area contributed by atoms with Gasteiger partial charge in [0.15, 0.2) is 0 Å². The number of thiocarbonyl (C=S) groups is 2. The lowest BCUT2D eigenvalue weighted by atomic mass is 10.1. The highest BCUT2D eigenvalue weighted by Gasteiger charge is 2.41. The molecular formula is C54H102N4O6S2. The van der Waals surface area contributed by atoms with Gasteiger partial charge in [0, 0.05) is 13.1 Å². The fraction of sp³-hybridized carbons (Fsp3) is 0.852. The Morgan fingerprint density at radius 3 is 1.02 bits per heavy atom. The van der Waals surface area contributed by atoms with Crippen LogP contribution in [0, 0.1) is 0 Å². The van der Waals surface area contributed by atoms with E-state index in [1.165, 1.54) is 116 Å². The molecule has 0 aliphatic carbocycles. The van der Waals surface area contributed by atoms with Gasteiger partial charge in [-0.25, -0.2) is 9.59 Å². The Balaban J connectivity index is 5.20. The highest BCUT2D eigenvalue weighted by Crippen LogP contribution is 2.16. The zero-order valence-corrected chi connectivity index (χ0v) is 45.1. The molecule has 2 unspecified atom stereocenters. The van der Waals surface area contributed by atoms with Gasteiger partial charge in [-0.3, -0.25) is 0 Å². The number of ether oxygens (including phenoxy) is 4. The first kappa shape index (κ1) is 63.7. The minimum absolute atomic E-state index is 0.00341. The van der Waals surface area contributed by atoms with Crippen LogP contribution in [-0.4, -0.2) is 112 Å². The number of rotatable bonds is 47. The van der Waals surface area contributed by atoms with Crippen molar-refractivity contribution in [3.63, 3.8) is 0 Å². The summed E-state index contributed by atoms with van der Waals surface area (Å²) in [5, 5.41) is 6.17. The third kappa shape index (κ3) is 44.2. The van der Waals surface area contributed by atoms with Crippen LogP contribution in [0.25, 0.3) is 0 Å². The van der Waals surface area contributed by atoms with E-state index < -0.39 is 24.1 Å². The Kier molecular flexibility index (Phi) is 47.5. The summed E-state index contributed by atoms with van der Waals surface area (Å²) in [7, 11) is 8.15. The van der Waals surface area contributed by atoms with E-state index in [2.05, 4.69) is 58.6 Å². The quantitative estimate of drug-likeness (QED) is 0.0263. The summed E-state index contributed by atoms with van der Waals surface area (Å²) in [6.45, 7) is 7.94. The molecule has 2 N–H and O–H groups in total. The lowest BCUT2D eigenvalue weighted by Crippen LogP contribution is -2.50. The average Bonchev–Trinajstić information content (AvgIpc) is 3.29. The van der Waals surface area contributed by atoms with Gasteiger partial charge in [-0.1, -0.05) is 154 Å². The van der Waals surface area contributed by atoms with Crippen LogP contribution < -0.4 is 10.6 Å². The third-order valence-electron chi connectivity index (χ3n) is 11.6. The molecule has 0 bridgehead atoms. The van der Waals surface area contributed by atoms with Gasteiger partial charge in [-0.05, 0) is 156 Å². The minimum Gasteiger partial charge on any atom is -0.463 e. The van der Waals surface area contributed by atoms with Gasteiger partial charge < -0.3 is 39.4 Å². The van der Waals surface area contributed by atoms with Crippen LogP contribution in [0.2, 0.25) is 0 Å². The van der Waals surface area contributed by atoms with Crippen LogP contribution in [0.5, 0.6) is 0 Å². The fourth-order valence-corrected chi connectivity index (χ4v) is 7.89. The number of allylic oxidation sites excluding steroid dienone is 4. The molecule has 0 amide bonds. The van der Waals surface area contributed by atoms with Gasteiger partial charge in [0.2, 0.25) is 12.2 Å². The molecule has 0 aromatic rings. The molecule has 0 aromatic carbocycles. The summed E-state index contributed by atoms with van der Waals surface area (Å²) in [5.74, 6) is -1.46. The number of carbonyl (C=O) groups is 2. The standard InChI is InChI=1S/C54H102N4O6S2/c1-7-9-11-13-15-17-19-21-23-25-27-29-31-33-35-41-47-61-51(59)49(63-53(65)55-43-37-39-45-57(3)4)50(64-54(66)56-44-38-40-46-58(5)6)52(60)62-48-42-36-34-32-30-28-26-24-22-20-18-16-14-12-10-8-2/h21-24,49-50H,7-20,25-48H2,1-6H3,(H,55,65)(H,56,66)/b23-21-,24-22-. The SMILES string of the molecule is CCCCCCCC/C=C\CCCCCCCCOC(=O)C(OC(=S)NCCCCN(C)C)C(OC(=S)NCCCCN(C)C)C(=O)OCCCCCCCC/C=C\CCCCCCCC. The number of carbonyl (C=O) groups excluding carboxylic acids is 2. The molecule has 10 nitrogen and oxygen atoms in total. The van der Waals surface area contributed by atoms with Crippen LogP contribution in [0.1, 0.15) is 219 Å². The lowest BCUT2D eigenvalue weighted by molar-refractivity contribution is -0.170. The number of hydrogen-bond donors (Lipinski definition) is 2. The van der Waals surface area contributed by atoms with Crippen molar-refractivity contribution in [3.05, 3.63) is 24.3 Å². The van der Waals surface area contributed by atoms with Crippen molar-refractivity contribution >= 4 is 46.7 Å². The summed E-state index contributed by atoms with van der Waals surface area (Å²) < 4.78 is 23.5. The van der Waals surface area contributed by atoms with Crippen molar-refractivity contribution in [2.45, 2.75) is 232 Å². The summed E-state index contributed by atoms with van der Waals surface area (Å²) in [5.41, 5.74) is 0. The zero-order chi connectivity index (χ0) is 48.6. The smallest absolute Gasteiger partial charge is 0.352 e. The Bertz CT molecular complexity index is 1110. The molecule has 386 valence electrons. The molecule has 0 saturated carbocycles. The van der Waals surface area contributed by atoms with E-state index in [4.69, 9.17) is 43.4 Å². The van der Waals surface area contributed by atoms with Crippen LogP contribution in [-0.2, 0) is 28.5 Å². The van der Waals surface area contributed by atoms with Crippen LogP contribution >= 0.6 is 24.4 Å². The predicted molar refractivity (Wildman–Crippen MR) is 287 cm³/mol. The Labute approximate surface area is 417 Å². The van der Waals surface area contributed by atoms with E-state index >= 15 is 0 Å². The first-order chi connectivity index (χ1) is 32.1. The van der Waals surface area contributed by atoms with Gasteiger partial charge in [0.25, 0.3) is 10.3 Å². The van der Waals surface area contributed by atoms with Crippen molar-refractivity contribution in [2.75, 3.05) is 67.6 Å². The second-order valence-corrected chi connectivity index (χ2v) is 19.5. The van der Waals surface area contributed by atoms with E-state index in [0.29, 0.717) is 25.9 Å². The Hall–Kier alpha value is -2.28. The molecular weight excluding hydrogens is 865 g/mol. The van der Waals surface area contributed by atoms with Gasteiger partial charge in [-0.15, -0.1) is 0 Å². The molecule has 0 radical (unpaired) electrons. The number of hydrogen-bond acceptors (Lipinski definition) is 10. The van der Waals surface area contributed by atoms with Crippen LogP contribution in [0.4, 0.5) is 0 Å². The van der Waals surface area contributed by atoms with Crippen molar-refractivity contribution in [1.82, 2.24) is 20.4 Å². The molecule has 0 heterocycles. The largest absolute Gasteiger partial charge is 0.463 e. The summed E-state index contributed by atoms with van der Waals surface area (Å²) in [6, 6.07) is 0. The molecule has 2 atom stereocenters. The van der Waals surface area contributed by atoms with Gasteiger partial charge in [0.1, 0.15) is 0 Å². The molecule has 12 heteroatoms. The Morgan fingerprint density at radius 1 is 0.424 bits per heavy atom.